The molecule has 184 valence electrons. The fourth-order valence-corrected chi connectivity index (χ4v) is 4.94. The Labute approximate surface area is 200 Å². The summed E-state index contributed by atoms with van der Waals surface area (Å²) in [4.78, 5) is 13.6. The van der Waals surface area contributed by atoms with Crippen molar-refractivity contribution in [3.05, 3.63) is 70.2 Å². The number of hydrogen-bond donors (Lipinski definition) is 4. The van der Waals surface area contributed by atoms with Gasteiger partial charge < -0.3 is 31.4 Å². The number of phenols is 1. The van der Waals surface area contributed by atoms with E-state index in [-0.39, 0.29) is 39.7 Å². The minimum atomic E-state index is -0.667. The number of allylic oxidation sites excluding steroid dienone is 2. The fraction of sp³-hybridized carbons (Fsp3) is 0.423. The molecule has 6 N–H and O–H groups in total. The maximum atomic E-state index is 15.0. The summed E-state index contributed by atoms with van der Waals surface area (Å²) in [7, 11) is 3.55. The number of phenolic OH excluding ortho intramolecular Hbond substituents is 1. The first-order valence-electron chi connectivity index (χ1n) is 11.3. The maximum Gasteiger partial charge on any atom is 0.250 e. The van der Waals surface area contributed by atoms with Gasteiger partial charge in [0, 0.05) is 49.2 Å². The predicted molar refractivity (Wildman–Crippen MR) is 135 cm³/mol. The van der Waals surface area contributed by atoms with Crippen LogP contribution in [0, 0.1) is 5.82 Å². The molecule has 2 aromatic rings. The first-order chi connectivity index (χ1) is 15.7. The molecule has 0 spiro atoms. The molecule has 3 rings (SSSR count). The molecule has 1 saturated heterocycles. The normalized spacial score (nSPS) is 18.7. The number of benzene rings is 1. The number of nitrogens with two attached hydrogens (primary N) is 2. The van der Waals surface area contributed by atoms with Gasteiger partial charge in [-0.05, 0) is 82.0 Å². The van der Waals surface area contributed by atoms with Gasteiger partial charge in [-0.2, -0.15) is 0 Å². The number of aromatic hydroxyl groups is 1. The van der Waals surface area contributed by atoms with Gasteiger partial charge in [-0.25, -0.2) is 4.39 Å². The number of nitrogens with zero attached hydrogens (tertiary/aromatic N) is 2. The zero-order valence-corrected chi connectivity index (χ0v) is 20.8. The monoisotopic (exact) mass is 469 g/mol. The molecule has 34 heavy (non-hydrogen) atoms. The van der Waals surface area contributed by atoms with Crippen molar-refractivity contribution in [1.29, 1.82) is 0 Å². The number of piperidine rings is 1. The van der Waals surface area contributed by atoms with Gasteiger partial charge in [-0.1, -0.05) is 0 Å². The molecule has 0 saturated carbocycles. The van der Waals surface area contributed by atoms with Crippen molar-refractivity contribution in [3.8, 4) is 16.9 Å². The van der Waals surface area contributed by atoms with Crippen molar-refractivity contribution in [2.24, 2.45) is 18.5 Å². The van der Waals surface area contributed by atoms with Crippen molar-refractivity contribution in [2.45, 2.75) is 57.7 Å². The van der Waals surface area contributed by atoms with Gasteiger partial charge in [0.25, 0.3) is 0 Å². The number of nitrogens with one attached hydrogen (secondary N) is 1. The molecular weight excluding hydrogens is 433 g/mol. The number of halogens is 1. The third kappa shape index (κ3) is 5.62. The van der Waals surface area contributed by atoms with Crippen LogP contribution in [-0.4, -0.2) is 38.7 Å². The molecule has 0 amide bonds. The van der Waals surface area contributed by atoms with Crippen LogP contribution in [0.25, 0.3) is 16.8 Å². The van der Waals surface area contributed by atoms with E-state index >= 15 is 0 Å². The van der Waals surface area contributed by atoms with Gasteiger partial charge >= 0.3 is 0 Å². The Morgan fingerprint density at radius 2 is 1.76 bits per heavy atom. The molecule has 0 radical (unpaired) electrons. The third-order valence-corrected chi connectivity index (χ3v) is 6.33. The Hall–Kier alpha value is -3.26. The highest BCUT2D eigenvalue weighted by molar-refractivity contribution is 5.74. The summed E-state index contributed by atoms with van der Waals surface area (Å²) in [6.45, 7) is 8.71. The summed E-state index contributed by atoms with van der Waals surface area (Å²) in [5.74, 6) is -0.456. The lowest BCUT2D eigenvalue weighted by atomic mass is 9.79. The average Bonchev–Trinajstić information content (AvgIpc) is 2.70. The Morgan fingerprint density at radius 3 is 2.32 bits per heavy atom. The largest absolute Gasteiger partial charge is 0.507 e. The van der Waals surface area contributed by atoms with Crippen LogP contribution in [-0.2, 0) is 7.05 Å². The maximum absolute atomic E-state index is 15.0. The third-order valence-electron chi connectivity index (χ3n) is 6.33. The van der Waals surface area contributed by atoms with Crippen molar-refractivity contribution in [1.82, 2.24) is 14.8 Å². The van der Waals surface area contributed by atoms with Crippen LogP contribution in [0.4, 0.5) is 4.39 Å². The summed E-state index contributed by atoms with van der Waals surface area (Å²) in [5.41, 5.74) is 13.2. The molecule has 7 nitrogen and oxygen atoms in total. The van der Waals surface area contributed by atoms with Crippen LogP contribution in [0.15, 0.2) is 53.2 Å². The van der Waals surface area contributed by atoms with E-state index in [1.165, 1.54) is 28.8 Å². The van der Waals surface area contributed by atoms with Crippen LogP contribution >= 0.6 is 0 Å². The van der Waals surface area contributed by atoms with E-state index in [1.807, 2.05) is 11.9 Å². The number of pyridine rings is 1. The molecule has 1 aliphatic rings. The second kappa shape index (κ2) is 9.18. The van der Waals surface area contributed by atoms with E-state index in [9.17, 15) is 14.3 Å². The van der Waals surface area contributed by atoms with E-state index in [0.29, 0.717) is 16.9 Å². The first kappa shape index (κ1) is 25.4. The molecule has 0 atom stereocenters. The van der Waals surface area contributed by atoms with Crippen molar-refractivity contribution in [3.63, 3.8) is 0 Å². The van der Waals surface area contributed by atoms with E-state index in [4.69, 9.17) is 11.5 Å². The molecule has 1 aromatic carbocycles. The minimum absolute atomic E-state index is 0.0302. The Balaban J connectivity index is 1.85. The van der Waals surface area contributed by atoms with Crippen LogP contribution in [0.5, 0.6) is 5.75 Å². The zero-order valence-electron chi connectivity index (χ0n) is 20.8. The van der Waals surface area contributed by atoms with Gasteiger partial charge in [0.1, 0.15) is 11.6 Å². The lowest BCUT2D eigenvalue weighted by Gasteiger charge is -2.49. The van der Waals surface area contributed by atoms with Crippen LogP contribution in [0.1, 0.15) is 46.1 Å². The van der Waals surface area contributed by atoms with Gasteiger partial charge in [0.2, 0.25) is 5.56 Å². The smallest absolute Gasteiger partial charge is 0.250 e. The Kier molecular flexibility index (Phi) is 6.85. The summed E-state index contributed by atoms with van der Waals surface area (Å²) in [6, 6.07) is 5.91. The second-order valence-corrected chi connectivity index (χ2v) is 10.5. The number of aromatic nitrogens is 1. The highest BCUT2D eigenvalue weighted by Gasteiger charge is 2.39. The van der Waals surface area contributed by atoms with Crippen LogP contribution < -0.4 is 22.3 Å². The topological polar surface area (TPSA) is 110 Å². The molecule has 8 heteroatoms. The zero-order chi connectivity index (χ0) is 25.4. The van der Waals surface area contributed by atoms with Gasteiger partial charge in [0.05, 0.1) is 11.4 Å². The van der Waals surface area contributed by atoms with E-state index < -0.39 is 5.82 Å². The number of aryl methyl sites for hydroxylation is 1. The molecule has 1 fully saturated rings. The first-order valence-corrected chi connectivity index (χ1v) is 11.3. The van der Waals surface area contributed by atoms with E-state index in [2.05, 4.69) is 33.0 Å². The summed E-state index contributed by atoms with van der Waals surface area (Å²) in [6.07, 6.45) is 6.56. The SMILES string of the molecule is CN(/C(N)=C/C=C(\N)c1c(O)cc(-c2ccc(=O)n(C)c2)cc1F)C1CC(C)(C)NC(C)(C)C1. The summed E-state index contributed by atoms with van der Waals surface area (Å²) in [5, 5.41) is 14.2. The molecule has 0 bridgehead atoms. The van der Waals surface area contributed by atoms with Crippen LogP contribution in [0.3, 0.4) is 0 Å². The number of hydrogen-bond acceptors (Lipinski definition) is 6. The summed E-state index contributed by atoms with van der Waals surface area (Å²) >= 11 is 0. The Morgan fingerprint density at radius 1 is 1.15 bits per heavy atom. The Bertz CT molecular complexity index is 1160. The molecule has 1 aromatic heterocycles. The molecular formula is C26H36FN5O2. The quantitative estimate of drug-likeness (QED) is 0.501. The standard InChI is InChI=1S/C26H36FN5O2/c1-25(2)13-18(14-26(3,4)30-25)32(6)22(29)9-8-20(28)24-19(27)11-17(12-21(24)33)16-7-10-23(34)31(5)15-16/h7-12,15,18,30,33H,13-14,28-29H2,1-6H3/b20-8-,22-9+. The fourth-order valence-electron chi connectivity index (χ4n) is 4.94. The van der Waals surface area contributed by atoms with Crippen LogP contribution in [0.2, 0.25) is 0 Å². The predicted octanol–water partition coefficient (Wildman–Crippen LogP) is 3.24. The molecule has 1 aliphatic heterocycles. The van der Waals surface area contributed by atoms with Gasteiger partial charge in [0.15, 0.2) is 0 Å². The van der Waals surface area contributed by atoms with Gasteiger partial charge in [-0.15, -0.1) is 0 Å². The van der Waals surface area contributed by atoms with Crippen molar-refractivity contribution in [2.75, 3.05) is 7.05 Å². The van der Waals surface area contributed by atoms with E-state index in [0.717, 1.165) is 12.8 Å². The average molecular weight is 470 g/mol. The highest BCUT2D eigenvalue weighted by atomic mass is 19.1. The van der Waals surface area contributed by atoms with Crippen molar-refractivity contribution >= 4 is 5.70 Å². The minimum Gasteiger partial charge on any atom is -0.507 e. The summed E-state index contributed by atoms with van der Waals surface area (Å²) < 4.78 is 16.3. The van der Waals surface area contributed by atoms with E-state index in [1.54, 1.807) is 25.4 Å². The second-order valence-electron chi connectivity index (χ2n) is 10.5. The molecule has 2 heterocycles. The lowest BCUT2D eigenvalue weighted by Crippen LogP contribution is -2.61. The lowest BCUT2D eigenvalue weighted by molar-refractivity contribution is 0.0981. The number of rotatable bonds is 5. The molecule has 0 aliphatic carbocycles. The van der Waals surface area contributed by atoms with Crippen molar-refractivity contribution < 1.29 is 9.50 Å². The highest BCUT2D eigenvalue weighted by Crippen LogP contribution is 2.33. The van der Waals surface area contributed by atoms with Gasteiger partial charge in [-0.3, -0.25) is 4.79 Å². The molecule has 0 unspecified atom stereocenters.